The summed E-state index contributed by atoms with van der Waals surface area (Å²) >= 11 is 0. The van der Waals surface area contributed by atoms with Gasteiger partial charge in [-0.3, -0.25) is 71.9 Å². The maximum Gasteiger partial charge on any atom is 0.327 e. The molecule has 0 rings (SSSR count). The fraction of sp³-hybridized carbons (Fsp3) is 0.632. The van der Waals surface area contributed by atoms with Gasteiger partial charge in [0, 0.05) is 65.3 Å². The first-order valence-electron chi connectivity index (χ1n) is 36.5. The van der Waals surface area contributed by atoms with Crippen molar-refractivity contribution in [1.29, 1.82) is 0 Å². The Morgan fingerprint density at radius 3 is 0.743 bits per heavy atom. The normalized spacial score (nSPS) is 13.1. The molecule has 0 aliphatic heterocycles. The molecule has 0 saturated carbocycles. The molecule has 0 aromatic heterocycles. The maximum absolute atomic E-state index is 12.4. The molecule has 0 aromatic carbocycles. The molecule has 0 aliphatic carbocycles. The lowest BCUT2D eigenvalue weighted by Gasteiger charge is -2.20. The zero-order valence-electron chi connectivity index (χ0n) is 66.5. The van der Waals surface area contributed by atoms with Crippen LogP contribution in [0.25, 0.3) is 0 Å². The number of hydrogen-bond donors (Lipinski definition) is 17. The highest BCUT2D eigenvalue weighted by atomic mass is 16.4. The van der Waals surface area contributed by atoms with E-state index in [0.717, 1.165) is 43.6 Å². The molecule has 13 amide bonds. The van der Waals surface area contributed by atoms with E-state index in [-0.39, 0.29) is 151 Å². The molecule has 0 bridgehead atoms. The summed E-state index contributed by atoms with van der Waals surface area (Å²) in [7, 11) is 0. The molecule has 0 aliphatic rings. The van der Waals surface area contributed by atoms with Gasteiger partial charge in [0.15, 0.2) is 0 Å². The molecule has 33 nitrogen and oxygen atoms in total. The van der Waals surface area contributed by atoms with Crippen LogP contribution >= 0.6 is 0 Å². The van der Waals surface area contributed by atoms with E-state index < -0.39 is 47.5 Å². The number of rotatable bonds is 49. The third-order valence-electron chi connectivity index (χ3n) is 17.0. The van der Waals surface area contributed by atoms with Gasteiger partial charge in [0.25, 0.3) is 0 Å². The van der Waals surface area contributed by atoms with Crippen LogP contribution in [0.4, 0.5) is 0 Å². The number of carbonyl (C=O) groups is 16. The lowest BCUT2D eigenvalue weighted by atomic mass is 9.88. The Hall–Kier alpha value is -10.4. The van der Waals surface area contributed by atoms with Crippen molar-refractivity contribution in [2.24, 2.45) is 99.7 Å². The Kier molecular flexibility index (Phi) is 73.7. The van der Waals surface area contributed by atoms with E-state index in [2.05, 4.69) is 98.2 Å². The van der Waals surface area contributed by atoms with Crippen molar-refractivity contribution in [2.75, 3.05) is 39.8 Å². The van der Waals surface area contributed by atoms with Crippen LogP contribution in [0.1, 0.15) is 199 Å². The van der Waals surface area contributed by atoms with Gasteiger partial charge in [-0.25, -0.2) is 4.79 Å². The fourth-order valence-corrected chi connectivity index (χ4v) is 8.69. The van der Waals surface area contributed by atoms with Gasteiger partial charge < -0.3 is 91.8 Å². The van der Waals surface area contributed by atoms with Crippen molar-refractivity contribution in [3.8, 4) is 24.7 Å². The Balaban J connectivity index is -0.000000247. The molecule has 33 heteroatoms. The molecule has 109 heavy (non-hydrogen) atoms. The summed E-state index contributed by atoms with van der Waals surface area (Å²) in [6.07, 6.45) is 23.1. The third kappa shape index (κ3) is 65.6. The number of amides is 13. The minimum atomic E-state index is -0.981. The largest absolute Gasteiger partial charge is 0.481 e. The molecule has 12 atom stereocenters. The lowest BCUT2D eigenvalue weighted by Crippen LogP contribution is -2.41. The topological polar surface area (TPSA) is 572 Å². The smallest absolute Gasteiger partial charge is 0.327 e. The zero-order valence-corrected chi connectivity index (χ0v) is 66.5. The van der Waals surface area contributed by atoms with E-state index in [1.54, 1.807) is 20.8 Å². The average Bonchev–Trinajstić information content (AvgIpc) is 0.913. The van der Waals surface area contributed by atoms with Crippen LogP contribution in [-0.4, -0.2) is 150 Å². The summed E-state index contributed by atoms with van der Waals surface area (Å²) in [6.45, 7) is 35.3. The second kappa shape index (κ2) is 71.8. The summed E-state index contributed by atoms with van der Waals surface area (Å²) in [5.74, 6) is -5.61. The molecular weight excluding hydrogens is 1410 g/mol. The van der Waals surface area contributed by atoms with Gasteiger partial charge >= 0.3 is 17.9 Å². The van der Waals surface area contributed by atoms with E-state index in [1.807, 2.05) is 62.3 Å². The van der Waals surface area contributed by atoms with Crippen LogP contribution in [0.3, 0.4) is 0 Å². The lowest BCUT2D eigenvalue weighted by molar-refractivity contribution is -0.143. The molecule has 12 unspecified atom stereocenters. The van der Waals surface area contributed by atoms with Crippen molar-refractivity contribution in [3.05, 3.63) is 50.6 Å². The Labute approximate surface area is 645 Å². The molecule has 0 spiro atoms. The molecule has 0 fully saturated rings. The number of primary amides is 4. The fourth-order valence-electron chi connectivity index (χ4n) is 8.69. The molecular formula is C76H132N14O19. The number of aliphatic carboxylic acids is 3. The monoisotopic (exact) mass is 1540 g/mol. The average molecular weight is 1550 g/mol. The Morgan fingerprint density at radius 1 is 0.330 bits per heavy atom. The highest BCUT2D eigenvalue weighted by Crippen LogP contribution is 2.25. The van der Waals surface area contributed by atoms with Crippen molar-refractivity contribution in [3.63, 3.8) is 0 Å². The van der Waals surface area contributed by atoms with E-state index >= 15 is 0 Å². The van der Waals surface area contributed by atoms with Gasteiger partial charge in [-0.2, -0.15) is 0 Å². The van der Waals surface area contributed by atoms with Crippen LogP contribution in [0.5, 0.6) is 0 Å². The number of carboxylic acid groups (broad SMARTS) is 3. The minimum absolute atomic E-state index is 0.0610. The summed E-state index contributed by atoms with van der Waals surface area (Å²) < 4.78 is 0. The van der Waals surface area contributed by atoms with Gasteiger partial charge in [-0.1, -0.05) is 121 Å². The highest BCUT2D eigenvalue weighted by Gasteiger charge is 2.27. The van der Waals surface area contributed by atoms with E-state index in [1.165, 1.54) is 0 Å². The van der Waals surface area contributed by atoms with Crippen LogP contribution in [-0.2, 0) is 76.7 Å². The second-order valence-corrected chi connectivity index (χ2v) is 25.3. The maximum atomic E-state index is 12.4. The van der Waals surface area contributed by atoms with Crippen molar-refractivity contribution >= 4 is 94.7 Å². The summed E-state index contributed by atoms with van der Waals surface area (Å²) in [5.41, 5.74) is 25.3. The second-order valence-electron chi connectivity index (χ2n) is 25.3. The number of nitrogens with two attached hydrogens (primary N) is 5. The standard InChI is InChI=1S/C22H38N4O4.2C19H35N3O5.C7H10N2O2.C3H5NO.C3H5N.C3H4O2/c1-6-13-24-22(30)18(12-11-17(8-3)19(23)27)10-9-16(5)21(29)26-14-25-20(28)15(4)7-2;2*1-5-12(3)17(24)21-11-22-18(25)13(4)7-8-15(19(26)27)10-9-14(6-2)16(20)23;1-3-6(10)8-5-9-7(11)4-2;1-2-3(4)5;1-2-3-4;1-2-3(4)5/h1,15-18H,7-14H2,2-5H3,(H2,23,27)(H,24,30)(H,25,28)(H,26,29);2*12-15H,5-11H2,1-4H3,(H2,20,23)(H,21,24)(H,22,25)(H,26,27);3-4H,1-2,5H2,(H,8,10)(H,9,11);2H,1H2,(H2,4,5);1H,3-4H2;2H,1H2,(H,4,5). The van der Waals surface area contributed by atoms with Crippen molar-refractivity contribution in [2.45, 2.75) is 199 Å². The van der Waals surface area contributed by atoms with Gasteiger partial charge in [0.1, 0.15) is 0 Å². The molecule has 620 valence electrons. The first kappa shape index (κ1) is 112. The van der Waals surface area contributed by atoms with E-state index in [9.17, 15) is 86.9 Å². The van der Waals surface area contributed by atoms with Crippen LogP contribution in [0.2, 0.25) is 0 Å². The highest BCUT2D eigenvalue weighted by molar-refractivity contribution is 5.89. The quantitative estimate of drug-likeness (QED) is 0.0235. The number of carboxylic acids is 3. The van der Waals surface area contributed by atoms with Crippen LogP contribution in [0, 0.1) is 95.7 Å². The van der Waals surface area contributed by atoms with Gasteiger partial charge in [-0.05, 0) is 134 Å². The SMILES string of the molecule is C#CCN.C#CCNC(=O)C(CCC(C)C(=O)NCNC(=O)C(C)CC)CCC(CC)C(N)=O.C=CC(=O)NCNC(=O)C=C.C=CC(=O)O.C=CC(N)=O.CCC(C)C(=O)NCNC(=O)C(C)CCC(CCC(CC)C(N)=O)C(=O)O.CCC(C)C(=O)NCNC(=O)C(C)CCC(CCC(CC)C(N)=O)C(=O)O. The molecule has 22 N–H and O–H groups in total. The predicted octanol–water partition coefficient (Wildman–Crippen LogP) is 3.60. The molecule has 0 heterocycles. The number of hydrogen-bond acceptors (Lipinski definition) is 17. The van der Waals surface area contributed by atoms with Gasteiger partial charge in [0.05, 0.1) is 51.6 Å². The van der Waals surface area contributed by atoms with Crippen LogP contribution in [0.15, 0.2) is 50.6 Å². The molecule has 0 radical (unpaired) electrons. The van der Waals surface area contributed by atoms with Gasteiger partial charge in [-0.15, -0.1) is 12.8 Å². The number of carbonyl (C=O) groups excluding carboxylic acids is 13. The Bertz CT molecular complexity index is 2770. The number of terminal acetylenes is 2. The van der Waals surface area contributed by atoms with Gasteiger partial charge in [0.2, 0.25) is 76.8 Å². The van der Waals surface area contributed by atoms with Crippen molar-refractivity contribution < 1.29 is 92.0 Å². The molecule has 0 saturated heterocycles. The first-order chi connectivity index (χ1) is 51.1. The molecule has 0 aromatic rings. The summed E-state index contributed by atoms with van der Waals surface area (Å²) in [6, 6.07) is 0. The Morgan fingerprint density at radius 2 is 0.550 bits per heavy atom. The zero-order chi connectivity index (χ0) is 85.7. The van der Waals surface area contributed by atoms with E-state index in [4.69, 9.17) is 34.5 Å². The van der Waals surface area contributed by atoms with E-state index in [0.29, 0.717) is 103 Å². The third-order valence-corrected chi connectivity index (χ3v) is 17.0. The summed E-state index contributed by atoms with van der Waals surface area (Å²) in [5, 5.41) is 49.7. The van der Waals surface area contributed by atoms with Crippen LogP contribution < -0.4 is 76.5 Å². The first-order valence-corrected chi connectivity index (χ1v) is 36.5. The van der Waals surface area contributed by atoms with Crippen molar-refractivity contribution in [1.82, 2.24) is 47.9 Å². The minimum Gasteiger partial charge on any atom is -0.481 e. The predicted molar refractivity (Wildman–Crippen MR) is 418 cm³/mol. The number of nitrogens with one attached hydrogen (secondary N) is 9. The summed E-state index contributed by atoms with van der Waals surface area (Å²) in [4.78, 5) is 180.